The van der Waals surface area contributed by atoms with E-state index in [1.54, 1.807) is 11.4 Å². The molecule has 1 fully saturated rings. The smallest absolute Gasteiger partial charge is 0.242 e. The van der Waals surface area contributed by atoms with Gasteiger partial charge in [-0.05, 0) is 44.3 Å². The molecule has 1 aliphatic rings. The second kappa shape index (κ2) is 6.32. The number of hydrogen-bond acceptors (Lipinski definition) is 5. The topological polar surface area (TPSA) is 75.4 Å². The van der Waals surface area contributed by atoms with Crippen molar-refractivity contribution in [2.24, 2.45) is 5.73 Å². The molecule has 1 aromatic heterocycles. The van der Waals surface area contributed by atoms with E-state index in [2.05, 4.69) is 9.62 Å². The van der Waals surface area contributed by atoms with Crippen LogP contribution in [0, 0.1) is 0 Å². The van der Waals surface area contributed by atoms with Crippen molar-refractivity contribution in [2.75, 3.05) is 19.6 Å². The lowest BCUT2D eigenvalue weighted by Crippen LogP contribution is -2.41. The molecule has 3 N–H and O–H groups in total. The summed E-state index contributed by atoms with van der Waals surface area (Å²) < 4.78 is 27.3. The van der Waals surface area contributed by atoms with E-state index in [0.29, 0.717) is 9.77 Å². The molecule has 19 heavy (non-hydrogen) atoms. The van der Waals surface area contributed by atoms with Crippen molar-refractivity contribution in [3.05, 3.63) is 16.3 Å². The van der Waals surface area contributed by atoms with Gasteiger partial charge in [-0.3, -0.25) is 0 Å². The predicted octanol–water partition coefficient (Wildman–Crippen LogP) is 0.969. The second-order valence-electron chi connectivity index (χ2n) is 4.94. The second-order valence-corrected chi connectivity index (χ2v) is 7.63. The molecule has 7 heteroatoms. The van der Waals surface area contributed by atoms with Gasteiger partial charge in [0.15, 0.2) is 0 Å². The Morgan fingerprint density at radius 1 is 1.47 bits per heavy atom. The summed E-state index contributed by atoms with van der Waals surface area (Å²) in [4.78, 5) is 3.33. The number of nitrogens with zero attached hydrogens (tertiary/aromatic N) is 1. The Hall–Kier alpha value is -0.470. The summed E-state index contributed by atoms with van der Waals surface area (Å²) in [6.45, 7) is 5.07. The van der Waals surface area contributed by atoms with Crippen molar-refractivity contribution in [1.29, 1.82) is 0 Å². The number of nitrogens with two attached hydrogens (primary N) is 1. The highest BCUT2D eigenvalue weighted by molar-refractivity contribution is 7.89. The summed E-state index contributed by atoms with van der Waals surface area (Å²) in [5.74, 6) is 0. The van der Waals surface area contributed by atoms with Gasteiger partial charge in [-0.15, -0.1) is 11.3 Å². The van der Waals surface area contributed by atoms with Crippen LogP contribution in [0.3, 0.4) is 0 Å². The van der Waals surface area contributed by atoms with E-state index in [1.807, 2.05) is 6.92 Å². The van der Waals surface area contributed by atoms with Gasteiger partial charge in [-0.2, -0.15) is 0 Å². The quantitative estimate of drug-likeness (QED) is 0.821. The van der Waals surface area contributed by atoms with Gasteiger partial charge in [0.25, 0.3) is 0 Å². The van der Waals surface area contributed by atoms with E-state index in [4.69, 9.17) is 5.73 Å². The largest absolute Gasteiger partial charge is 0.326 e. The van der Waals surface area contributed by atoms with Gasteiger partial charge in [-0.1, -0.05) is 0 Å². The van der Waals surface area contributed by atoms with E-state index < -0.39 is 10.0 Å². The zero-order valence-electron chi connectivity index (χ0n) is 11.1. The highest BCUT2D eigenvalue weighted by atomic mass is 32.2. The van der Waals surface area contributed by atoms with Crippen LogP contribution in [0.4, 0.5) is 0 Å². The summed E-state index contributed by atoms with van der Waals surface area (Å²) >= 11 is 1.38. The lowest BCUT2D eigenvalue weighted by atomic mass is 10.3. The molecule has 108 valence electrons. The van der Waals surface area contributed by atoms with Crippen LogP contribution in [0.5, 0.6) is 0 Å². The molecule has 1 aromatic rings. The molecule has 2 rings (SSSR count). The lowest BCUT2D eigenvalue weighted by Gasteiger charge is -2.21. The van der Waals surface area contributed by atoms with Crippen LogP contribution in [-0.4, -0.2) is 39.0 Å². The first-order valence-electron chi connectivity index (χ1n) is 6.54. The van der Waals surface area contributed by atoms with Crippen LogP contribution in [-0.2, 0) is 16.6 Å². The highest BCUT2D eigenvalue weighted by Crippen LogP contribution is 2.21. The molecule has 1 atom stereocenters. The molecule has 0 saturated carbocycles. The van der Waals surface area contributed by atoms with Crippen LogP contribution >= 0.6 is 11.3 Å². The number of likely N-dealkylation sites (tertiary alicyclic amines) is 1. The number of hydrogen-bond donors (Lipinski definition) is 2. The zero-order chi connectivity index (χ0) is 13.9. The van der Waals surface area contributed by atoms with Gasteiger partial charge in [0.1, 0.15) is 0 Å². The standard InChI is InChI=1S/C12H21N3O2S2/c1-10(9-15-5-2-3-6-15)14-19(16,17)12-4-7-18-11(12)8-13/h4,7,10,14H,2-3,5-6,8-9,13H2,1H3. The first-order valence-corrected chi connectivity index (χ1v) is 8.90. The maximum atomic E-state index is 12.3. The van der Waals surface area contributed by atoms with Crippen molar-refractivity contribution >= 4 is 21.4 Å². The monoisotopic (exact) mass is 303 g/mol. The molecule has 0 aliphatic carbocycles. The third-order valence-corrected chi connectivity index (χ3v) is 6.01. The number of thiophene rings is 1. The van der Waals surface area contributed by atoms with Crippen molar-refractivity contribution in [1.82, 2.24) is 9.62 Å². The Kier molecular flexibility index (Phi) is 4.97. The van der Waals surface area contributed by atoms with E-state index in [9.17, 15) is 8.42 Å². The molecule has 1 aliphatic heterocycles. The zero-order valence-corrected chi connectivity index (χ0v) is 12.8. The van der Waals surface area contributed by atoms with Crippen LogP contribution < -0.4 is 10.5 Å². The molecule has 0 spiro atoms. The number of nitrogens with one attached hydrogen (secondary N) is 1. The fourth-order valence-electron chi connectivity index (χ4n) is 2.44. The molecule has 1 saturated heterocycles. The van der Waals surface area contributed by atoms with Gasteiger partial charge in [0, 0.05) is 24.0 Å². The average molecular weight is 303 g/mol. The Balaban J connectivity index is 2.00. The van der Waals surface area contributed by atoms with Gasteiger partial charge < -0.3 is 10.6 Å². The Morgan fingerprint density at radius 2 is 2.16 bits per heavy atom. The van der Waals surface area contributed by atoms with E-state index >= 15 is 0 Å². The molecule has 0 radical (unpaired) electrons. The molecule has 1 unspecified atom stereocenters. The summed E-state index contributed by atoms with van der Waals surface area (Å²) in [6, 6.07) is 1.53. The SMILES string of the molecule is CC(CN1CCCC1)NS(=O)(=O)c1ccsc1CN. The summed E-state index contributed by atoms with van der Waals surface area (Å²) in [5.41, 5.74) is 5.56. The van der Waals surface area contributed by atoms with Gasteiger partial charge in [0.2, 0.25) is 10.0 Å². The first kappa shape index (κ1) is 14.9. The van der Waals surface area contributed by atoms with Crippen LogP contribution in [0.15, 0.2) is 16.3 Å². The maximum Gasteiger partial charge on any atom is 0.242 e. The minimum absolute atomic E-state index is 0.0892. The van der Waals surface area contributed by atoms with Crippen LogP contribution in [0.2, 0.25) is 0 Å². The van der Waals surface area contributed by atoms with E-state index in [0.717, 1.165) is 19.6 Å². The van der Waals surface area contributed by atoms with Crippen molar-refractivity contribution < 1.29 is 8.42 Å². The average Bonchev–Trinajstić information content (AvgIpc) is 2.97. The third kappa shape index (κ3) is 3.76. The van der Waals surface area contributed by atoms with E-state index in [-0.39, 0.29) is 12.6 Å². The molecule has 5 nitrogen and oxygen atoms in total. The minimum atomic E-state index is -3.45. The molecular formula is C12H21N3O2S2. The van der Waals surface area contributed by atoms with Gasteiger partial charge in [0.05, 0.1) is 4.90 Å². The third-order valence-electron chi connectivity index (χ3n) is 3.27. The predicted molar refractivity (Wildman–Crippen MR) is 77.7 cm³/mol. The minimum Gasteiger partial charge on any atom is -0.326 e. The first-order chi connectivity index (χ1) is 9.03. The molecule has 0 aromatic carbocycles. The van der Waals surface area contributed by atoms with Gasteiger partial charge in [-0.25, -0.2) is 13.1 Å². The number of sulfonamides is 1. The molecular weight excluding hydrogens is 282 g/mol. The van der Waals surface area contributed by atoms with Crippen LogP contribution in [0.1, 0.15) is 24.6 Å². The summed E-state index contributed by atoms with van der Waals surface area (Å²) in [7, 11) is -3.45. The summed E-state index contributed by atoms with van der Waals surface area (Å²) in [6.07, 6.45) is 2.42. The van der Waals surface area contributed by atoms with Crippen molar-refractivity contribution in [3.63, 3.8) is 0 Å². The Bertz CT molecular complexity index is 507. The van der Waals surface area contributed by atoms with Crippen molar-refractivity contribution in [2.45, 2.75) is 37.2 Å². The molecule has 0 amide bonds. The van der Waals surface area contributed by atoms with Crippen molar-refractivity contribution in [3.8, 4) is 0 Å². The normalized spacial score (nSPS) is 18.8. The lowest BCUT2D eigenvalue weighted by molar-refractivity contribution is 0.313. The van der Waals surface area contributed by atoms with E-state index in [1.165, 1.54) is 24.2 Å². The maximum absolute atomic E-state index is 12.3. The molecule has 0 bridgehead atoms. The van der Waals surface area contributed by atoms with Gasteiger partial charge >= 0.3 is 0 Å². The fraction of sp³-hybridized carbons (Fsp3) is 0.667. The number of rotatable bonds is 6. The highest BCUT2D eigenvalue weighted by Gasteiger charge is 2.23. The Labute approximate surface area is 118 Å². The molecule has 2 heterocycles. The summed E-state index contributed by atoms with van der Waals surface area (Å²) in [5, 5.41) is 1.77. The Morgan fingerprint density at radius 3 is 2.79 bits per heavy atom. The van der Waals surface area contributed by atoms with Crippen LogP contribution in [0.25, 0.3) is 0 Å². The fourth-order valence-corrected chi connectivity index (χ4v) is 5.01.